The van der Waals surface area contributed by atoms with Crippen LogP contribution in [0.15, 0.2) is 34.9 Å². The van der Waals surface area contributed by atoms with Crippen LogP contribution in [0.3, 0.4) is 0 Å². The molecule has 1 heterocycles. The first-order valence-electron chi connectivity index (χ1n) is 5.85. The van der Waals surface area contributed by atoms with Gasteiger partial charge in [-0.25, -0.2) is 0 Å². The molecule has 2 rings (SSSR count). The van der Waals surface area contributed by atoms with Gasteiger partial charge in [-0.2, -0.15) is 5.10 Å². The monoisotopic (exact) mass is 341 g/mol. The molecule has 0 atom stereocenters. The summed E-state index contributed by atoms with van der Waals surface area (Å²) in [5.41, 5.74) is 1.39. The molecular formula is C13H13BrClN3O. The molecule has 0 radical (unpaired) electrons. The zero-order valence-electron chi connectivity index (χ0n) is 10.4. The molecule has 0 fully saturated rings. The molecule has 0 aliphatic heterocycles. The topological polar surface area (TPSA) is 46.9 Å². The normalized spacial score (nSPS) is 10.5. The third kappa shape index (κ3) is 3.58. The fourth-order valence-corrected chi connectivity index (χ4v) is 2.17. The number of halogens is 2. The molecule has 6 heteroatoms. The lowest BCUT2D eigenvalue weighted by Gasteiger charge is -2.04. The average Bonchev–Trinajstić information content (AvgIpc) is 2.77. The molecular weight excluding hydrogens is 330 g/mol. The van der Waals surface area contributed by atoms with Crippen LogP contribution in [-0.4, -0.2) is 15.7 Å². The van der Waals surface area contributed by atoms with Gasteiger partial charge in [-0.1, -0.05) is 11.6 Å². The van der Waals surface area contributed by atoms with E-state index in [0.29, 0.717) is 17.1 Å². The van der Waals surface area contributed by atoms with Gasteiger partial charge in [0.2, 0.25) is 0 Å². The number of carbonyl (C=O) groups excluding carboxylic acids is 1. The van der Waals surface area contributed by atoms with Gasteiger partial charge >= 0.3 is 0 Å². The number of hydrogen-bond donors (Lipinski definition) is 1. The molecule has 0 aliphatic carbocycles. The Balaban J connectivity index is 2.00. The lowest BCUT2D eigenvalue weighted by atomic mass is 10.2. The van der Waals surface area contributed by atoms with Crippen molar-refractivity contribution in [1.29, 1.82) is 0 Å². The summed E-state index contributed by atoms with van der Waals surface area (Å²) in [4.78, 5) is 11.9. The molecule has 19 heavy (non-hydrogen) atoms. The highest BCUT2D eigenvalue weighted by atomic mass is 79.9. The summed E-state index contributed by atoms with van der Waals surface area (Å²) in [5.74, 6) is -0.144. The van der Waals surface area contributed by atoms with Crippen LogP contribution in [-0.2, 0) is 13.1 Å². The number of aryl methyl sites for hydroxylation is 1. The molecule has 1 N–H and O–H groups in total. The van der Waals surface area contributed by atoms with Crippen LogP contribution in [0.1, 0.15) is 23.0 Å². The summed E-state index contributed by atoms with van der Waals surface area (Å²) in [5, 5.41) is 7.78. The van der Waals surface area contributed by atoms with E-state index in [9.17, 15) is 4.79 Å². The van der Waals surface area contributed by atoms with E-state index in [1.54, 1.807) is 24.3 Å². The Labute approximate surface area is 124 Å². The fourth-order valence-electron chi connectivity index (χ4n) is 1.59. The molecule has 4 nitrogen and oxygen atoms in total. The highest BCUT2D eigenvalue weighted by Crippen LogP contribution is 2.15. The van der Waals surface area contributed by atoms with E-state index in [1.165, 1.54) is 0 Å². The second kappa shape index (κ2) is 6.21. The standard InChI is InChI=1S/C13H13BrClN3O/c1-2-18-8-11(14)12(17-18)7-16-13(19)9-3-5-10(15)6-4-9/h3-6,8H,2,7H2,1H3,(H,16,19). The highest BCUT2D eigenvalue weighted by Gasteiger charge is 2.09. The smallest absolute Gasteiger partial charge is 0.251 e. The van der Waals surface area contributed by atoms with Crippen LogP contribution < -0.4 is 5.32 Å². The van der Waals surface area contributed by atoms with Crippen LogP contribution in [0.4, 0.5) is 0 Å². The summed E-state index contributed by atoms with van der Waals surface area (Å²) < 4.78 is 2.71. The van der Waals surface area contributed by atoms with Crippen molar-refractivity contribution in [2.45, 2.75) is 20.0 Å². The quantitative estimate of drug-likeness (QED) is 0.927. The minimum atomic E-state index is -0.144. The molecule has 100 valence electrons. The second-order valence-corrected chi connectivity index (χ2v) is 5.26. The van der Waals surface area contributed by atoms with Gasteiger partial charge in [0.1, 0.15) is 0 Å². The summed E-state index contributed by atoms with van der Waals surface area (Å²) in [6.45, 7) is 3.19. The van der Waals surface area contributed by atoms with Crippen LogP contribution in [0.2, 0.25) is 5.02 Å². The Morgan fingerprint density at radius 1 is 1.42 bits per heavy atom. The number of aromatic nitrogens is 2. The minimum absolute atomic E-state index is 0.144. The molecule has 1 aromatic carbocycles. The molecule has 0 aliphatic rings. The van der Waals surface area contributed by atoms with Crippen molar-refractivity contribution < 1.29 is 4.79 Å². The highest BCUT2D eigenvalue weighted by molar-refractivity contribution is 9.10. The van der Waals surface area contributed by atoms with E-state index in [0.717, 1.165) is 16.7 Å². The third-order valence-electron chi connectivity index (χ3n) is 2.63. The molecule has 1 amide bonds. The Morgan fingerprint density at radius 2 is 2.11 bits per heavy atom. The molecule has 2 aromatic rings. The van der Waals surface area contributed by atoms with Gasteiger partial charge in [0.25, 0.3) is 5.91 Å². The largest absolute Gasteiger partial charge is 0.346 e. The maximum absolute atomic E-state index is 11.9. The average molecular weight is 343 g/mol. The van der Waals surface area contributed by atoms with Gasteiger partial charge in [-0.05, 0) is 47.1 Å². The van der Waals surface area contributed by atoms with Gasteiger partial charge in [0, 0.05) is 23.3 Å². The zero-order chi connectivity index (χ0) is 13.8. The SMILES string of the molecule is CCn1cc(Br)c(CNC(=O)c2ccc(Cl)cc2)n1. The summed E-state index contributed by atoms with van der Waals surface area (Å²) >= 11 is 9.20. The number of nitrogens with zero attached hydrogens (tertiary/aromatic N) is 2. The number of nitrogens with one attached hydrogen (secondary N) is 1. The zero-order valence-corrected chi connectivity index (χ0v) is 12.7. The van der Waals surface area contributed by atoms with Crippen molar-refractivity contribution in [3.8, 4) is 0 Å². The van der Waals surface area contributed by atoms with E-state index < -0.39 is 0 Å². The predicted octanol–water partition coefficient (Wildman–Crippen LogP) is 3.25. The van der Waals surface area contributed by atoms with E-state index in [2.05, 4.69) is 26.3 Å². The first-order chi connectivity index (χ1) is 9.10. The molecule has 1 aromatic heterocycles. The van der Waals surface area contributed by atoms with E-state index in [1.807, 2.05) is 17.8 Å². The Morgan fingerprint density at radius 3 is 2.68 bits per heavy atom. The van der Waals surface area contributed by atoms with E-state index in [4.69, 9.17) is 11.6 Å². The van der Waals surface area contributed by atoms with Gasteiger partial charge in [0.05, 0.1) is 16.7 Å². The summed E-state index contributed by atoms with van der Waals surface area (Å²) in [6.07, 6.45) is 1.89. The van der Waals surface area contributed by atoms with Crippen molar-refractivity contribution in [3.63, 3.8) is 0 Å². The molecule has 0 spiro atoms. The Hall–Kier alpha value is -1.33. The number of benzene rings is 1. The van der Waals surface area contributed by atoms with Crippen LogP contribution in [0, 0.1) is 0 Å². The molecule has 0 saturated heterocycles. The third-order valence-corrected chi connectivity index (χ3v) is 3.55. The van der Waals surface area contributed by atoms with Crippen molar-refractivity contribution in [2.75, 3.05) is 0 Å². The van der Waals surface area contributed by atoms with Crippen molar-refractivity contribution in [3.05, 3.63) is 51.2 Å². The van der Waals surface area contributed by atoms with Crippen LogP contribution in [0.5, 0.6) is 0 Å². The van der Waals surface area contributed by atoms with Crippen molar-refractivity contribution >= 4 is 33.4 Å². The summed E-state index contributed by atoms with van der Waals surface area (Å²) in [6, 6.07) is 6.77. The van der Waals surface area contributed by atoms with Gasteiger partial charge in [-0.15, -0.1) is 0 Å². The fraction of sp³-hybridized carbons (Fsp3) is 0.231. The lowest BCUT2D eigenvalue weighted by molar-refractivity contribution is 0.0950. The van der Waals surface area contributed by atoms with Crippen molar-refractivity contribution in [2.24, 2.45) is 0 Å². The second-order valence-electron chi connectivity index (χ2n) is 3.97. The van der Waals surface area contributed by atoms with Gasteiger partial charge in [0.15, 0.2) is 0 Å². The maximum atomic E-state index is 11.9. The number of carbonyl (C=O) groups is 1. The van der Waals surface area contributed by atoms with Crippen molar-refractivity contribution in [1.82, 2.24) is 15.1 Å². The number of hydrogen-bond acceptors (Lipinski definition) is 2. The predicted molar refractivity (Wildman–Crippen MR) is 78.2 cm³/mol. The number of amides is 1. The number of rotatable bonds is 4. The maximum Gasteiger partial charge on any atom is 0.251 e. The minimum Gasteiger partial charge on any atom is -0.346 e. The molecule has 0 unspecified atom stereocenters. The van der Waals surface area contributed by atoms with Crippen LogP contribution >= 0.6 is 27.5 Å². The van der Waals surface area contributed by atoms with Gasteiger partial charge in [-0.3, -0.25) is 9.48 Å². The molecule has 0 saturated carbocycles. The van der Waals surface area contributed by atoms with Gasteiger partial charge < -0.3 is 5.32 Å². The van der Waals surface area contributed by atoms with E-state index >= 15 is 0 Å². The lowest BCUT2D eigenvalue weighted by Crippen LogP contribution is -2.23. The first-order valence-corrected chi connectivity index (χ1v) is 7.03. The van der Waals surface area contributed by atoms with E-state index in [-0.39, 0.29) is 5.91 Å². The first kappa shape index (κ1) is 14.1. The Bertz CT molecular complexity index is 580. The Kier molecular flexibility index (Phi) is 4.61. The van der Waals surface area contributed by atoms with Crippen LogP contribution in [0.25, 0.3) is 0 Å². The summed E-state index contributed by atoms with van der Waals surface area (Å²) in [7, 11) is 0. The molecule has 0 bridgehead atoms.